The third-order valence-electron chi connectivity index (χ3n) is 14.1. The van der Waals surface area contributed by atoms with Crippen molar-refractivity contribution in [3.05, 3.63) is 313 Å². The van der Waals surface area contributed by atoms with Gasteiger partial charge >= 0.3 is 0 Å². The standard InChI is InChI=1S/C17H18O3.C16H15ClO2.C16H16O3.C16H16O2.C15H16O/c1-12-7-8-16(10-17(12)19-3)20-11-14-5-4-6-15(9-14)13(2)18;1-11-6-7-16(15(17)8-11)19-10-13-4-3-5-14(9-13)12(2)18;1-12(17)14-9-7-13(8-10-14)11-19-16-6-4-3-5-15(16)18-2;1-12-6-8-16(9-7-12)18-11-14-4-3-5-15(10-14)13(2)17;1-12-3-7-14(8-4-12)11-16-15-9-5-13(2)6-10-15/h4-10H,11H2,1-3H3;3-9H,10H2,1-2H3;3-10H,11H2,1-2H3;3-10H,11H2,1-2H3;3-10H,11H2,1-2H3. The number of para-hydroxylation sites is 2. The number of aryl methyl sites for hydroxylation is 5. The summed E-state index contributed by atoms with van der Waals surface area (Å²) in [4.78, 5) is 45.1. The van der Waals surface area contributed by atoms with Gasteiger partial charge < -0.3 is 33.2 Å². The van der Waals surface area contributed by atoms with Crippen LogP contribution in [-0.4, -0.2) is 37.4 Å². The van der Waals surface area contributed by atoms with E-state index >= 15 is 0 Å². The van der Waals surface area contributed by atoms with E-state index in [1.807, 2.05) is 203 Å². The maximum Gasteiger partial charge on any atom is 0.161 e. The first-order valence-corrected chi connectivity index (χ1v) is 30.4. The van der Waals surface area contributed by atoms with Crippen LogP contribution in [0.15, 0.2) is 231 Å². The molecule has 10 aromatic carbocycles. The van der Waals surface area contributed by atoms with Crippen molar-refractivity contribution in [2.24, 2.45) is 0 Å². The minimum atomic E-state index is 0.0511. The second-order valence-electron chi connectivity index (χ2n) is 21.8. The van der Waals surface area contributed by atoms with Gasteiger partial charge in [-0.15, -0.1) is 0 Å². The van der Waals surface area contributed by atoms with Crippen LogP contribution in [0.5, 0.6) is 40.2 Å². The first-order valence-electron chi connectivity index (χ1n) is 30.0. The lowest BCUT2D eigenvalue weighted by Crippen LogP contribution is -1.99. The quantitative estimate of drug-likeness (QED) is 0.0637. The Morgan fingerprint density at radius 1 is 0.293 bits per heavy atom. The van der Waals surface area contributed by atoms with Crippen LogP contribution >= 0.6 is 11.6 Å². The number of hydrogen-bond donors (Lipinski definition) is 0. The molecule has 0 heterocycles. The molecule has 0 atom stereocenters. The Hall–Kier alpha value is -10.2. The van der Waals surface area contributed by atoms with Gasteiger partial charge in [-0.05, 0) is 174 Å². The summed E-state index contributed by atoms with van der Waals surface area (Å²) in [6.45, 7) is 18.8. The normalized spacial score (nSPS) is 10.1. The Balaban J connectivity index is 0.000000183. The molecule has 0 saturated carbocycles. The molecule has 0 bridgehead atoms. The van der Waals surface area contributed by atoms with Crippen LogP contribution in [0.25, 0.3) is 0 Å². The molecule has 0 spiro atoms. The van der Waals surface area contributed by atoms with E-state index in [1.165, 1.54) is 22.3 Å². The van der Waals surface area contributed by atoms with E-state index in [2.05, 4.69) is 50.2 Å². The SMILES string of the molecule is CC(=O)c1cccc(COc2ccc(C)cc2)c1.CC(=O)c1cccc(COc2ccc(C)cc2Cl)c1.COc1cc(OCc2cccc(C(C)=O)c2)ccc1C.COc1ccccc1OCc1ccc(C(C)=O)cc1.Cc1ccc(COc2ccc(C)cc2)cc1. The Labute approximate surface area is 547 Å². The summed E-state index contributed by atoms with van der Waals surface area (Å²) >= 11 is 6.10. The molecule has 0 aromatic heterocycles. The number of halogens is 1. The van der Waals surface area contributed by atoms with E-state index in [9.17, 15) is 19.2 Å². The van der Waals surface area contributed by atoms with E-state index < -0.39 is 0 Å². The summed E-state index contributed by atoms with van der Waals surface area (Å²) in [6, 6.07) is 73.2. The molecular weight excluding hydrogens is 1170 g/mol. The van der Waals surface area contributed by atoms with Gasteiger partial charge in [0.1, 0.15) is 61.8 Å². The molecule has 474 valence electrons. The zero-order valence-electron chi connectivity index (χ0n) is 54.3. The van der Waals surface area contributed by atoms with E-state index in [-0.39, 0.29) is 23.1 Å². The van der Waals surface area contributed by atoms with Crippen LogP contribution < -0.4 is 33.2 Å². The van der Waals surface area contributed by atoms with Gasteiger partial charge in [-0.3, -0.25) is 19.2 Å². The number of ketones is 4. The van der Waals surface area contributed by atoms with Crippen molar-refractivity contribution < 1.29 is 52.3 Å². The molecule has 0 aliphatic heterocycles. The first kappa shape index (κ1) is 70.9. The average molecular weight is 1250 g/mol. The average Bonchev–Trinajstić information content (AvgIpc) is 1.95. The third-order valence-corrected chi connectivity index (χ3v) is 14.4. The summed E-state index contributed by atoms with van der Waals surface area (Å²) in [5.41, 5.74) is 13.9. The van der Waals surface area contributed by atoms with E-state index in [1.54, 1.807) is 54.0 Å². The Bertz CT molecular complexity index is 3920. The van der Waals surface area contributed by atoms with Crippen LogP contribution in [0.2, 0.25) is 5.02 Å². The van der Waals surface area contributed by atoms with Crippen LogP contribution in [0.4, 0.5) is 0 Å². The van der Waals surface area contributed by atoms with Crippen molar-refractivity contribution >= 4 is 34.7 Å². The van der Waals surface area contributed by atoms with Crippen molar-refractivity contribution in [1.82, 2.24) is 0 Å². The predicted molar refractivity (Wildman–Crippen MR) is 368 cm³/mol. The van der Waals surface area contributed by atoms with Crippen LogP contribution in [0.1, 0.15) is 125 Å². The Morgan fingerprint density at radius 2 is 0.652 bits per heavy atom. The molecule has 12 heteroatoms. The second kappa shape index (κ2) is 37.1. The van der Waals surface area contributed by atoms with Gasteiger partial charge in [0.2, 0.25) is 0 Å². The zero-order chi connectivity index (χ0) is 66.4. The number of benzene rings is 10. The maximum absolute atomic E-state index is 11.3. The lowest BCUT2D eigenvalue weighted by molar-refractivity contribution is 0.100. The van der Waals surface area contributed by atoms with E-state index in [0.29, 0.717) is 72.0 Å². The lowest BCUT2D eigenvalue weighted by Gasteiger charge is -2.10. The molecule has 0 amide bonds. The third kappa shape index (κ3) is 24.6. The molecule has 10 aromatic rings. The fraction of sp³-hybridized carbons (Fsp3) is 0.200. The molecule has 0 N–H and O–H groups in total. The Kier molecular flexibility index (Phi) is 28.5. The number of Topliss-reactive ketones (excluding diaryl/α,β-unsaturated/α-hetero) is 4. The summed E-state index contributed by atoms with van der Waals surface area (Å²) in [5, 5.41) is 0.600. The number of carbonyl (C=O) groups is 4. The number of carbonyl (C=O) groups excluding carboxylic acids is 4. The summed E-state index contributed by atoms with van der Waals surface area (Å²) in [7, 11) is 3.26. The van der Waals surface area contributed by atoms with Crippen LogP contribution in [-0.2, 0) is 33.0 Å². The fourth-order valence-corrected chi connectivity index (χ4v) is 8.89. The highest BCUT2D eigenvalue weighted by Crippen LogP contribution is 2.29. The van der Waals surface area contributed by atoms with Crippen molar-refractivity contribution in [2.45, 2.75) is 95.3 Å². The zero-order valence-corrected chi connectivity index (χ0v) is 55.1. The molecule has 0 aliphatic carbocycles. The minimum absolute atomic E-state index is 0.0511. The minimum Gasteiger partial charge on any atom is -0.496 e. The van der Waals surface area contributed by atoms with E-state index in [4.69, 9.17) is 44.8 Å². The molecule has 0 radical (unpaired) electrons. The van der Waals surface area contributed by atoms with Crippen molar-refractivity contribution in [2.75, 3.05) is 14.2 Å². The number of rotatable bonds is 21. The molecule has 92 heavy (non-hydrogen) atoms. The van der Waals surface area contributed by atoms with Gasteiger partial charge in [0.25, 0.3) is 0 Å². The molecular formula is C80H81ClO11. The number of hydrogen-bond acceptors (Lipinski definition) is 11. The summed E-state index contributed by atoms with van der Waals surface area (Å²) < 4.78 is 38.9. The fourth-order valence-electron chi connectivity index (χ4n) is 8.60. The van der Waals surface area contributed by atoms with Crippen molar-refractivity contribution in [3.63, 3.8) is 0 Å². The molecule has 11 nitrogen and oxygen atoms in total. The number of methoxy groups -OCH3 is 2. The van der Waals surface area contributed by atoms with E-state index in [0.717, 1.165) is 61.9 Å². The predicted octanol–water partition coefficient (Wildman–Crippen LogP) is 19.4. The Morgan fingerprint density at radius 3 is 1.09 bits per heavy atom. The van der Waals surface area contributed by atoms with Gasteiger partial charge in [0.15, 0.2) is 34.6 Å². The highest BCUT2D eigenvalue weighted by molar-refractivity contribution is 6.32. The summed E-state index contributed by atoms with van der Waals surface area (Å²) in [6.07, 6.45) is 0. The van der Waals surface area contributed by atoms with Crippen LogP contribution in [0.3, 0.4) is 0 Å². The molecule has 0 aliphatic rings. The van der Waals surface area contributed by atoms with Crippen molar-refractivity contribution in [3.8, 4) is 40.2 Å². The van der Waals surface area contributed by atoms with Crippen molar-refractivity contribution in [1.29, 1.82) is 0 Å². The monoisotopic (exact) mass is 1250 g/mol. The number of ether oxygens (including phenoxy) is 7. The second-order valence-corrected chi connectivity index (χ2v) is 22.2. The molecule has 0 saturated heterocycles. The molecule has 0 unspecified atom stereocenters. The van der Waals surface area contributed by atoms with Gasteiger partial charge in [-0.2, -0.15) is 0 Å². The van der Waals surface area contributed by atoms with Gasteiger partial charge in [-0.25, -0.2) is 0 Å². The highest BCUT2D eigenvalue weighted by Gasteiger charge is 2.09. The molecule has 10 rings (SSSR count). The first-order chi connectivity index (χ1) is 44.2. The largest absolute Gasteiger partial charge is 0.496 e. The van der Waals surface area contributed by atoms with Gasteiger partial charge in [0, 0.05) is 28.3 Å². The van der Waals surface area contributed by atoms with Gasteiger partial charge in [0.05, 0.1) is 19.2 Å². The molecule has 0 fully saturated rings. The van der Waals surface area contributed by atoms with Gasteiger partial charge in [-0.1, -0.05) is 180 Å². The topological polar surface area (TPSA) is 133 Å². The summed E-state index contributed by atoms with van der Waals surface area (Å²) in [5.74, 6) is 5.65. The smallest absolute Gasteiger partial charge is 0.161 e. The van der Waals surface area contributed by atoms with Crippen LogP contribution in [0, 0.1) is 34.6 Å². The highest BCUT2D eigenvalue weighted by atomic mass is 35.5. The maximum atomic E-state index is 11.3. The lowest BCUT2D eigenvalue weighted by atomic mass is 10.1.